The molecule has 2 amide bonds. The first-order valence-electron chi connectivity index (χ1n) is 8.80. The second kappa shape index (κ2) is 11.3. The van der Waals surface area contributed by atoms with E-state index in [0.717, 1.165) is 11.3 Å². The average molecular weight is 391 g/mol. The SMILES string of the molecule is CCOCCCN(CC(=O)Nc1nccs1)C(=O)Cc1ccc(OC)cc1. The molecule has 1 heterocycles. The Kier molecular flexibility index (Phi) is 8.73. The molecule has 146 valence electrons. The number of nitrogens with one attached hydrogen (secondary N) is 1. The number of carbonyl (C=O) groups is 2. The zero-order valence-corrected chi connectivity index (χ0v) is 16.5. The molecule has 2 rings (SSSR count). The van der Waals surface area contributed by atoms with Crippen LogP contribution in [-0.4, -0.2) is 55.1 Å². The van der Waals surface area contributed by atoms with Crippen LogP contribution in [0.2, 0.25) is 0 Å². The van der Waals surface area contributed by atoms with Gasteiger partial charge in [0.05, 0.1) is 20.1 Å². The lowest BCUT2D eigenvalue weighted by molar-refractivity contribution is -0.134. The van der Waals surface area contributed by atoms with Crippen LogP contribution < -0.4 is 10.1 Å². The first-order chi connectivity index (χ1) is 13.1. The highest BCUT2D eigenvalue weighted by molar-refractivity contribution is 7.13. The van der Waals surface area contributed by atoms with Crippen LogP contribution in [0.3, 0.4) is 0 Å². The average Bonchev–Trinajstić information content (AvgIpc) is 3.17. The maximum absolute atomic E-state index is 12.7. The van der Waals surface area contributed by atoms with Crippen molar-refractivity contribution in [3.63, 3.8) is 0 Å². The molecule has 1 aromatic carbocycles. The summed E-state index contributed by atoms with van der Waals surface area (Å²) in [5.41, 5.74) is 0.871. The molecular weight excluding hydrogens is 366 g/mol. The summed E-state index contributed by atoms with van der Waals surface area (Å²) in [4.78, 5) is 30.6. The lowest BCUT2D eigenvalue weighted by atomic mass is 10.1. The Morgan fingerprint density at radius 2 is 2.04 bits per heavy atom. The second-order valence-electron chi connectivity index (χ2n) is 5.78. The van der Waals surface area contributed by atoms with Crippen LogP contribution in [0.5, 0.6) is 5.75 Å². The number of ether oxygens (including phenoxy) is 2. The second-order valence-corrected chi connectivity index (χ2v) is 6.67. The summed E-state index contributed by atoms with van der Waals surface area (Å²) in [6, 6.07) is 7.34. The summed E-state index contributed by atoms with van der Waals surface area (Å²) in [6.45, 7) is 3.55. The number of nitrogens with zero attached hydrogens (tertiary/aromatic N) is 2. The van der Waals surface area contributed by atoms with Gasteiger partial charge in [-0.1, -0.05) is 12.1 Å². The highest BCUT2D eigenvalue weighted by Crippen LogP contribution is 2.13. The minimum absolute atomic E-state index is 0.0132. The van der Waals surface area contributed by atoms with Gasteiger partial charge in [0.1, 0.15) is 5.75 Å². The molecule has 0 aliphatic heterocycles. The van der Waals surface area contributed by atoms with Crippen molar-refractivity contribution in [1.82, 2.24) is 9.88 Å². The van der Waals surface area contributed by atoms with E-state index in [0.29, 0.717) is 31.3 Å². The highest BCUT2D eigenvalue weighted by Gasteiger charge is 2.18. The molecule has 0 fully saturated rings. The zero-order chi connectivity index (χ0) is 19.5. The van der Waals surface area contributed by atoms with Crippen molar-refractivity contribution in [2.75, 3.05) is 38.7 Å². The van der Waals surface area contributed by atoms with Crippen molar-refractivity contribution in [3.05, 3.63) is 41.4 Å². The van der Waals surface area contributed by atoms with E-state index < -0.39 is 0 Å². The molecule has 1 N–H and O–H groups in total. The summed E-state index contributed by atoms with van der Waals surface area (Å²) < 4.78 is 10.5. The van der Waals surface area contributed by atoms with Crippen LogP contribution in [-0.2, 0) is 20.7 Å². The highest BCUT2D eigenvalue weighted by atomic mass is 32.1. The van der Waals surface area contributed by atoms with Gasteiger partial charge in [0, 0.05) is 31.3 Å². The third-order valence-electron chi connectivity index (χ3n) is 3.80. The van der Waals surface area contributed by atoms with Crippen LogP contribution in [0, 0.1) is 0 Å². The molecule has 1 aromatic heterocycles. The van der Waals surface area contributed by atoms with Crippen LogP contribution in [0.15, 0.2) is 35.8 Å². The van der Waals surface area contributed by atoms with Crippen LogP contribution in [0.25, 0.3) is 0 Å². The largest absolute Gasteiger partial charge is 0.497 e. The summed E-state index contributed by atoms with van der Waals surface area (Å²) in [5, 5.41) is 5.02. The van der Waals surface area contributed by atoms with Crippen molar-refractivity contribution in [1.29, 1.82) is 0 Å². The number of thiazole rings is 1. The maximum atomic E-state index is 12.7. The molecule has 0 aliphatic carbocycles. The van der Waals surface area contributed by atoms with E-state index in [9.17, 15) is 9.59 Å². The van der Waals surface area contributed by atoms with Crippen molar-refractivity contribution in [3.8, 4) is 5.75 Å². The Hall–Kier alpha value is -2.45. The third kappa shape index (κ3) is 7.36. The van der Waals surface area contributed by atoms with E-state index in [4.69, 9.17) is 9.47 Å². The van der Waals surface area contributed by atoms with Gasteiger partial charge in [-0.25, -0.2) is 4.98 Å². The lowest BCUT2D eigenvalue weighted by Gasteiger charge is -2.22. The number of carbonyl (C=O) groups excluding carboxylic acids is 2. The number of anilines is 1. The molecule has 0 radical (unpaired) electrons. The quantitative estimate of drug-likeness (QED) is 0.596. The number of aromatic nitrogens is 1. The smallest absolute Gasteiger partial charge is 0.245 e. The molecule has 0 bridgehead atoms. The summed E-state index contributed by atoms with van der Waals surface area (Å²) in [6.07, 6.45) is 2.52. The molecule has 7 nitrogen and oxygen atoms in total. The number of hydrogen-bond donors (Lipinski definition) is 1. The normalized spacial score (nSPS) is 10.4. The number of benzene rings is 1. The van der Waals surface area contributed by atoms with Gasteiger partial charge in [-0.05, 0) is 31.0 Å². The number of methoxy groups -OCH3 is 1. The van der Waals surface area contributed by atoms with E-state index in [1.54, 1.807) is 23.6 Å². The zero-order valence-electron chi connectivity index (χ0n) is 15.6. The molecule has 27 heavy (non-hydrogen) atoms. The van der Waals surface area contributed by atoms with Gasteiger partial charge in [0.25, 0.3) is 0 Å². The molecule has 0 spiro atoms. The Morgan fingerprint density at radius 3 is 2.67 bits per heavy atom. The Labute approximate surface area is 163 Å². The predicted octanol–water partition coefficient (Wildman–Crippen LogP) is 2.59. The van der Waals surface area contributed by atoms with Crippen molar-refractivity contribution in [2.45, 2.75) is 19.8 Å². The summed E-state index contributed by atoms with van der Waals surface area (Å²) in [5.74, 6) is 0.373. The van der Waals surface area contributed by atoms with Crippen LogP contribution >= 0.6 is 11.3 Å². The third-order valence-corrected chi connectivity index (χ3v) is 4.49. The van der Waals surface area contributed by atoms with Gasteiger partial charge in [0.15, 0.2) is 5.13 Å². The maximum Gasteiger partial charge on any atom is 0.245 e. The van der Waals surface area contributed by atoms with E-state index in [2.05, 4.69) is 10.3 Å². The Morgan fingerprint density at radius 1 is 1.26 bits per heavy atom. The van der Waals surface area contributed by atoms with Gasteiger partial charge < -0.3 is 19.7 Å². The van der Waals surface area contributed by atoms with Gasteiger partial charge in [-0.3, -0.25) is 9.59 Å². The lowest BCUT2D eigenvalue weighted by Crippen LogP contribution is -2.39. The first kappa shape index (κ1) is 20.9. The number of amides is 2. The molecule has 2 aromatic rings. The molecule has 0 unspecified atom stereocenters. The molecule has 8 heteroatoms. The van der Waals surface area contributed by atoms with Crippen molar-refractivity contribution in [2.24, 2.45) is 0 Å². The molecular formula is C19H25N3O4S. The van der Waals surface area contributed by atoms with Crippen molar-refractivity contribution < 1.29 is 19.1 Å². The Balaban J connectivity index is 1.95. The molecule has 0 saturated heterocycles. The van der Waals surface area contributed by atoms with Crippen LogP contribution in [0.1, 0.15) is 18.9 Å². The number of rotatable bonds is 11. The Bertz CT molecular complexity index is 704. The van der Waals surface area contributed by atoms with E-state index in [-0.39, 0.29) is 24.8 Å². The van der Waals surface area contributed by atoms with E-state index in [1.807, 2.05) is 31.2 Å². The fourth-order valence-electron chi connectivity index (χ4n) is 2.44. The first-order valence-corrected chi connectivity index (χ1v) is 9.68. The monoisotopic (exact) mass is 391 g/mol. The molecule has 0 atom stereocenters. The van der Waals surface area contributed by atoms with Crippen LogP contribution in [0.4, 0.5) is 5.13 Å². The summed E-state index contributed by atoms with van der Waals surface area (Å²) in [7, 11) is 1.60. The summed E-state index contributed by atoms with van der Waals surface area (Å²) >= 11 is 1.34. The topological polar surface area (TPSA) is 80.8 Å². The standard InChI is InChI=1S/C19H25N3O4S/c1-3-26-11-4-10-22(14-17(23)21-19-20-9-12-27-19)18(24)13-15-5-7-16(25-2)8-6-15/h5-9,12H,3-4,10-11,13-14H2,1-2H3,(H,20,21,23). The van der Waals surface area contributed by atoms with Gasteiger partial charge in [-0.2, -0.15) is 0 Å². The predicted molar refractivity (Wildman–Crippen MR) is 105 cm³/mol. The van der Waals surface area contributed by atoms with E-state index in [1.165, 1.54) is 11.3 Å². The fraction of sp³-hybridized carbons (Fsp3) is 0.421. The van der Waals surface area contributed by atoms with Gasteiger partial charge >= 0.3 is 0 Å². The van der Waals surface area contributed by atoms with E-state index >= 15 is 0 Å². The fourth-order valence-corrected chi connectivity index (χ4v) is 2.99. The molecule has 0 aliphatic rings. The minimum Gasteiger partial charge on any atom is -0.497 e. The van der Waals surface area contributed by atoms with Gasteiger partial charge in [-0.15, -0.1) is 11.3 Å². The van der Waals surface area contributed by atoms with Crippen molar-refractivity contribution >= 4 is 28.3 Å². The number of hydrogen-bond acceptors (Lipinski definition) is 6. The molecule has 0 saturated carbocycles. The minimum atomic E-state index is -0.260. The van der Waals surface area contributed by atoms with Gasteiger partial charge in [0.2, 0.25) is 11.8 Å².